The van der Waals surface area contributed by atoms with E-state index in [9.17, 15) is 4.79 Å². The molecule has 2 heterocycles. The molecule has 2 amide bonds. The minimum absolute atomic E-state index is 0.130. The molecule has 7 nitrogen and oxygen atoms in total. The highest BCUT2D eigenvalue weighted by atomic mass is 16.7. The number of amides is 2. The summed E-state index contributed by atoms with van der Waals surface area (Å²) in [6, 6.07) is 5.73. The molecule has 1 aromatic carbocycles. The Morgan fingerprint density at radius 1 is 1.12 bits per heavy atom. The number of rotatable bonds is 6. The molecule has 25 heavy (non-hydrogen) atoms. The summed E-state index contributed by atoms with van der Waals surface area (Å²) in [7, 11) is 0. The summed E-state index contributed by atoms with van der Waals surface area (Å²) in [6.07, 6.45) is 1.25. The number of nitrogens with one attached hydrogen (secondary N) is 2. The van der Waals surface area contributed by atoms with Crippen molar-refractivity contribution in [2.75, 3.05) is 39.5 Å². The summed E-state index contributed by atoms with van der Waals surface area (Å²) in [5.41, 5.74) is 1.11. The van der Waals surface area contributed by atoms with Crippen LogP contribution in [0.4, 0.5) is 4.79 Å². The van der Waals surface area contributed by atoms with Gasteiger partial charge in [-0.25, -0.2) is 4.79 Å². The fourth-order valence-electron chi connectivity index (χ4n) is 3.27. The summed E-state index contributed by atoms with van der Waals surface area (Å²) in [4.78, 5) is 14.2. The zero-order valence-corrected chi connectivity index (χ0v) is 14.9. The van der Waals surface area contributed by atoms with Crippen LogP contribution in [-0.4, -0.2) is 62.7 Å². The SMILES string of the molecule is C[C@@H]1CN(CCNC(=O)NCCc2ccc3c(c2)OCO3)C[C@@H](C)O1. The number of hydrogen-bond acceptors (Lipinski definition) is 5. The molecular weight excluding hydrogens is 322 g/mol. The van der Waals surface area contributed by atoms with Gasteiger partial charge in [-0.1, -0.05) is 6.07 Å². The predicted molar refractivity (Wildman–Crippen MR) is 94.1 cm³/mol. The van der Waals surface area contributed by atoms with Gasteiger partial charge >= 0.3 is 6.03 Å². The number of ether oxygens (including phenoxy) is 3. The van der Waals surface area contributed by atoms with Crippen LogP contribution in [0, 0.1) is 0 Å². The number of carbonyl (C=O) groups is 1. The van der Waals surface area contributed by atoms with Crippen molar-refractivity contribution >= 4 is 6.03 Å². The van der Waals surface area contributed by atoms with Gasteiger partial charge in [0.1, 0.15) is 0 Å². The Balaban J connectivity index is 1.30. The number of urea groups is 1. The van der Waals surface area contributed by atoms with Gasteiger partial charge in [-0.05, 0) is 38.0 Å². The van der Waals surface area contributed by atoms with E-state index in [2.05, 4.69) is 29.4 Å². The minimum atomic E-state index is -0.130. The third-order valence-electron chi connectivity index (χ3n) is 4.35. The van der Waals surface area contributed by atoms with Crippen molar-refractivity contribution < 1.29 is 19.0 Å². The number of fused-ring (bicyclic) bond motifs is 1. The summed E-state index contributed by atoms with van der Waals surface area (Å²) in [5, 5.41) is 5.80. The van der Waals surface area contributed by atoms with Crippen molar-refractivity contribution in [3.8, 4) is 11.5 Å². The third-order valence-corrected chi connectivity index (χ3v) is 4.35. The van der Waals surface area contributed by atoms with Gasteiger partial charge in [0.25, 0.3) is 0 Å². The number of benzene rings is 1. The first-order chi connectivity index (χ1) is 12.1. The average Bonchev–Trinajstić information content (AvgIpc) is 3.01. The first-order valence-corrected chi connectivity index (χ1v) is 8.88. The van der Waals surface area contributed by atoms with Gasteiger partial charge in [0.05, 0.1) is 12.2 Å². The Bertz CT molecular complexity index is 586. The molecule has 2 N–H and O–H groups in total. The lowest BCUT2D eigenvalue weighted by molar-refractivity contribution is -0.0672. The number of morpholine rings is 1. The smallest absolute Gasteiger partial charge is 0.314 e. The molecule has 138 valence electrons. The van der Waals surface area contributed by atoms with Crippen molar-refractivity contribution in [2.24, 2.45) is 0 Å². The van der Waals surface area contributed by atoms with E-state index in [1.54, 1.807) is 0 Å². The normalized spacial score (nSPS) is 22.6. The van der Waals surface area contributed by atoms with Crippen LogP contribution in [0.25, 0.3) is 0 Å². The van der Waals surface area contributed by atoms with Crippen molar-refractivity contribution in [1.82, 2.24) is 15.5 Å². The van der Waals surface area contributed by atoms with Gasteiger partial charge in [-0.15, -0.1) is 0 Å². The molecule has 0 spiro atoms. The van der Waals surface area contributed by atoms with E-state index in [1.165, 1.54) is 0 Å². The molecule has 7 heteroatoms. The maximum Gasteiger partial charge on any atom is 0.314 e. The van der Waals surface area contributed by atoms with Crippen molar-refractivity contribution in [3.63, 3.8) is 0 Å². The molecule has 1 aromatic rings. The van der Waals surface area contributed by atoms with Crippen LogP contribution in [0.2, 0.25) is 0 Å². The van der Waals surface area contributed by atoms with E-state index in [0.717, 1.165) is 43.1 Å². The maximum atomic E-state index is 11.9. The zero-order valence-electron chi connectivity index (χ0n) is 14.9. The molecule has 3 rings (SSSR count). The molecule has 0 aromatic heterocycles. The average molecular weight is 349 g/mol. The van der Waals surface area contributed by atoms with Crippen LogP contribution in [0.3, 0.4) is 0 Å². The Morgan fingerprint density at radius 2 is 1.84 bits per heavy atom. The van der Waals surface area contributed by atoms with E-state index in [0.29, 0.717) is 13.1 Å². The molecule has 0 unspecified atom stereocenters. The number of nitrogens with zero attached hydrogens (tertiary/aromatic N) is 1. The Labute approximate surface area is 148 Å². The van der Waals surface area contributed by atoms with Crippen LogP contribution < -0.4 is 20.1 Å². The second-order valence-electron chi connectivity index (χ2n) is 6.64. The van der Waals surface area contributed by atoms with Gasteiger partial charge in [-0.2, -0.15) is 0 Å². The molecule has 2 aliphatic rings. The summed E-state index contributed by atoms with van der Waals surface area (Å²) in [6.45, 7) is 8.33. The van der Waals surface area contributed by atoms with Crippen molar-refractivity contribution in [2.45, 2.75) is 32.5 Å². The second kappa shape index (κ2) is 8.40. The topological polar surface area (TPSA) is 72.1 Å². The predicted octanol–water partition coefficient (Wildman–Crippen LogP) is 1.37. The van der Waals surface area contributed by atoms with Gasteiger partial charge < -0.3 is 24.8 Å². The highest BCUT2D eigenvalue weighted by Gasteiger charge is 2.21. The highest BCUT2D eigenvalue weighted by molar-refractivity contribution is 5.73. The lowest BCUT2D eigenvalue weighted by Gasteiger charge is -2.35. The van der Waals surface area contributed by atoms with Crippen LogP contribution in [0.1, 0.15) is 19.4 Å². The van der Waals surface area contributed by atoms with Crippen molar-refractivity contribution in [3.05, 3.63) is 23.8 Å². The molecule has 2 aliphatic heterocycles. The molecule has 1 fully saturated rings. The number of hydrogen-bond donors (Lipinski definition) is 2. The van der Waals surface area contributed by atoms with E-state index in [-0.39, 0.29) is 25.0 Å². The van der Waals surface area contributed by atoms with E-state index in [1.807, 2.05) is 18.2 Å². The standard InChI is InChI=1S/C18H27N3O4/c1-13-10-21(11-14(2)25-13)8-7-20-18(22)19-6-5-15-3-4-16-17(9-15)24-12-23-16/h3-4,9,13-14H,5-8,10-12H2,1-2H3,(H2,19,20,22)/t13-,14-/m1/s1. The quantitative estimate of drug-likeness (QED) is 0.812. The fourth-order valence-corrected chi connectivity index (χ4v) is 3.27. The molecule has 2 atom stereocenters. The molecule has 1 saturated heterocycles. The first kappa shape index (κ1) is 17.8. The number of carbonyl (C=O) groups excluding carboxylic acids is 1. The summed E-state index contributed by atoms with van der Waals surface area (Å²) < 4.78 is 16.4. The zero-order chi connectivity index (χ0) is 17.6. The van der Waals surface area contributed by atoms with Gasteiger partial charge in [0.2, 0.25) is 6.79 Å². The van der Waals surface area contributed by atoms with Gasteiger partial charge in [0, 0.05) is 32.7 Å². The minimum Gasteiger partial charge on any atom is -0.454 e. The second-order valence-corrected chi connectivity index (χ2v) is 6.64. The van der Waals surface area contributed by atoms with Crippen LogP contribution in [0.15, 0.2) is 18.2 Å². The van der Waals surface area contributed by atoms with E-state index in [4.69, 9.17) is 14.2 Å². The monoisotopic (exact) mass is 349 g/mol. The molecular formula is C18H27N3O4. The lowest BCUT2D eigenvalue weighted by Crippen LogP contribution is -2.48. The van der Waals surface area contributed by atoms with Crippen LogP contribution in [-0.2, 0) is 11.2 Å². The molecule has 0 saturated carbocycles. The Hall–Kier alpha value is -1.99. The van der Waals surface area contributed by atoms with Crippen molar-refractivity contribution in [1.29, 1.82) is 0 Å². The highest BCUT2D eigenvalue weighted by Crippen LogP contribution is 2.32. The maximum absolute atomic E-state index is 11.9. The summed E-state index contributed by atoms with van der Waals surface area (Å²) >= 11 is 0. The Morgan fingerprint density at radius 3 is 2.64 bits per heavy atom. The fraction of sp³-hybridized carbons (Fsp3) is 0.611. The van der Waals surface area contributed by atoms with E-state index < -0.39 is 0 Å². The third kappa shape index (κ3) is 5.24. The lowest BCUT2D eigenvalue weighted by atomic mass is 10.1. The van der Waals surface area contributed by atoms with Crippen LogP contribution >= 0.6 is 0 Å². The summed E-state index contributed by atoms with van der Waals surface area (Å²) in [5.74, 6) is 1.55. The van der Waals surface area contributed by atoms with E-state index >= 15 is 0 Å². The Kier molecular flexibility index (Phi) is 5.99. The van der Waals surface area contributed by atoms with Gasteiger partial charge in [-0.3, -0.25) is 4.90 Å². The first-order valence-electron chi connectivity index (χ1n) is 8.88. The van der Waals surface area contributed by atoms with Gasteiger partial charge in [0.15, 0.2) is 11.5 Å². The van der Waals surface area contributed by atoms with Crippen LogP contribution in [0.5, 0.6) is 11.5 Å². The molecule has 0 aliphatic carbocycles. The molecule has 0 radical (unpaired) electrons. The largest absolute Gasteiger partial charge is 0.454 e. The molecule has 0 bridgehead atoms.